The summed E-state index contributed by atoms with van der Waals surface area (Å²) < 4.78 is 0. The van der Waals surface area contributed by atoms with Crippen LogP contribution < -0.4 is 5.32 Å². The van der Waals surface area contributed by atoms with Crippen LogP contribution in [0, 0.1) is 6.92 Å². The van der Waals surface area contributed by atoms with Gasteiger partial charge in [-0.15, -0.1) is 10.2 Å². The van der Waals surface area contributed by atoms with Gasteiger partial charge in [0.2, 0.25) is 0 Å². The SMILES string of the molecule is Cc1c(O)cccc1-c1nnc(CCNC2CC2)s1. The van der Waals surface area contributed by atoms with Crippen molar-refractivity contribution < 1.29 is 5.11 Å². The molecule has 0 aliphatic heterocycles. The van der Waals surface area contributed by atoms with Gasteiger partial charge in [0.15, 0.2) is 0 Å². The van der Waals surface area contributed by atoms with E-state index in [1.807, 2.05) is 19.1 Å². The van der Waals surface area contributed by atoms with Crippen LogP contribution in [0.15, 0.2) is 18.2 Å². The van der Waals surface area contributed by atoms with E-state index in [9.17, 15) is 5.11 Å². The summed E-state index contributed by atoms with van der Waals surface area (Å²) in [4.78, 5) is 0. The van der Waals surface area contributed by atoms with Crippen LogP contribution in [-0.2, 0) is 6.42 Å². The molecule has 1 fully saturated rings. The minimum atomic E-state index is 0.310. The summed E-state index contributed by atoms with van der Waals surface area (Å²) in [5, 5.41) is 23.6. The molecular formula is C14H17N3OS. The second kappa shape index (κ2) is 5.27. The molecule has 0 unspecified atom stereocenters. The Morgan fingerprint density at radius 1 is 1.37 bits per heavy atom. The molecule has 5 heteroatoms. The summed E-state index contributed by atoms with van der Waals surface area (Å²) in [6.45, 7) is 2.87. The third kappa shape index (κ3) is 2.93. The topological polar surface area (TPSA) is 58.0 Å². The van der Waals surface area contributed by atoms with Crippen LogP contribution >= 0.6 is 11.3 Å². The van der Waals surface area contributed by atoms with E-state index < -0.39 is 0 Å². The number of nitrogens with zero attached hydrogens (tertiary/aromatic N) is 2. The molecule has 19 heavy (non-hydrogen) atoms. The van der Waals surface area contributed by atoms with Gasteiger partial charge < -0.3 is 10.4 Å². The van der Waals surface area contributed by atoms with E-state index in [1.165, 1.54) is 12.8 Å². The van der Waals surface area contributed by atoms with Crippen molar-refractivity contribution in [2.45, 2.75) is 32.2 Å². The van der Waals surface area contributed by atoms with E-state index in [-0.39, 0.29) is 0 Å². The predicted molar refractivity (Wildman–Crippen MR) is 76.5 cm³/mol. The highest BCUT2D eigenvalue weighted by Crippen LogP contribution is 2.31. The summed E-state index contributed by atoms with van der Waals surface area (Å²) in [5.41, 5.74) is 1.83. The van der Waals surface area contributed by atoms with Crippen molar-refractivity contribution in [3.63, 3.8) is 0 Å². The third-order valence-electron chi connectivity index (χ3n) is 3.35. The Bertz CT molecular complexity index is 578. The fraction of sp³-hybridized carbons (Fsp3) is 0.429. The first-order valence-corrected chi connectivity index (χ1v) is 7.40. The molecule has 0 bridgehead atoms. The third-order valence-corrected chi connectivity index (χ3v) is 4.37. The number of rotatable bonds is 5. The monoisotopic (exact) mass is 275 g/mol. The number of aromatic nitrogens is 2. The summed E-state index contributed by atoms with van der Waals surface area (Å²) in [6.07, 6.45) is 3.54. The molecule has 1 aromatic carbocycles. The molecule has 4 nitrogen and oxygen atoms in total. The molecule has 100 valence electrons. The summed E-state index contributed by atoms with van der Waals surface area (Å²) in [7, 11) is 0. The molecule has 0 spiro atoms. The largest absolute Gasteiger partial charge is 0.508 e. The maximum atomic E-state index is 9.72. The summed E-state index contributed by atoms with van der Waals surface area (Å²) in [6, 6.07) is 6.25. The molecule has 2 N–H and O–H groups in total. The highest BCUT2D eigenvalue weighted by atomic mass is 32.1. The zero-order chi connectivity index (χ0) is 13.2. The van der Waals surface area contributed by atoms with E-state index in [1.54, 1.807) is 17.4 Å². The fourth-order valence-electron chi connectivity index (χ4n) is 1.99. The zero-order valence-corrected chi connectivity index (χ0v) is 11.7. The van der Waals surface area contributed by atoms with Gasteiger partial charge in [-0.05, 0) is 25.8 Å². The average Bonchev–Trinajstić information content (AvgIpc) is 3.10. The van der Waals surface area contributed by atoms with Crippen molar-refractivity contribution in [1.29, 1.82) is 0 Å². The first-order chi connectivity index (χ1) is 9.24. The molecule has 1 aliphatic carbocycles. The van der Waals surface area contributed by atoms with E-state index in [0.717, 1.165) is 40.1 Å². The van der Waals surface area contributed by atoms with E-state index in [2.05, 4.69) is 15.5 Å². The lowest BCUT2D eigenvalue weighted by molar-refractivity contribution is 0.471. The molecule has 0 saturated heterocycles. The van der Waals surface area contributed by atoms with Crippen LogP contribution in [0.2, 0.25) is 0 Å². The Balaban J connectivity index is 1.70. The molecule has 1 aliphatic rings. The van der Waals surface area contributed by atoms with E-state index >= 15 is 0 Å². The van der Waals surface area contributed by atoms with Gasteiger partial charge in [0.25, 0.3) is 0 Å². The van der Waals surface area contributed by atoms with Crippen molar-refractivity contribution in [2.75, 3.05) is 6.54 Å². The smallest absolute Gasteiger partial charge is 0.148 e. The Kier molecular flexibility index (Phi) is 3.48. The van der Waals surface area contributed by atoms with Gasteiger partial charge >= 0.3 is 0 Å². The van der Waals surface area contributed by atoms with Crippen molar-refractivity contribution in [1.82, 2.24) is 15.5 Å². The summed E-state index contributed by atoms with van der Waals surface area (Å²) in [5.74, 6) is 0.310. The molecule has 3 rings (SSSR count). The minimum Gasteiger partial charge on any atom is -0.508 e. The molecule has 0 atom stereocenters. The normalized spacial score (nSPS) is 14.8. The Labute approximate surface area is 116 Å². The Morgan fingerprint density at radius 3 is 3.00 bits per heavy atom. The van der Waals surface area contributed by atoms with E-state index in [4.69, 9.17) is 0 Å². The number of hydrogen-bond acceptors (Lipinski definition) is 5. The van der Waals surface area contributed by atoms with Crippen LogP contribution in [0.1, 0.15) is 23.4 Å². The van der Waals surface area contributed by atoms with Crippen LogP contribution in [0.25, 0.3) is 10.6 Å². The Hall–Kier alpha value is -1.46. The number of aromatic hydroxyl groups is 1. The number of phenolic OH excluding ortho intramolecular Hbond substituents is 1. The van der Waals surface area contributed by atoms with Crippen molar-refractivity contribution in [3.05, 3.63) is 28.8 Å². The number of hydrogen-bond donors (Lipinski definition) is 2. The van der Waals surface area contributed by atoms with Gasteiger partial charge in [-0.25, -0.2) is 0 Å². The highest BCUT2D eigenvalue weighted by molar-refractivity contribution is 7.14. The van der Waals surface area contributed by atoms with E-state index in [0.29, 0.717) is 5.75 Å². The lowest BCUT2D eigenvalue weighted by Crippen LogP contribution is -2.19. The maximum absolute atomic E-state index is 9.72. The van der Waals surface area contributed by atoms with Crippen molar-refractivity contribution >= 4 is 11.3 Å². The van der Waals surface area contributed by atoms with Crippen molar-refractivity contribution in [2.24, 2.45) is 0 Å². The second-order valence-electron chi connectivity index (χ2n) is 4.93. The van der Waals surface area contributed by atoms with Gasteiger partial charge in [-0.2, -0.15) is 0 Å². The average molecular weight is 275 g/mol. The van der Waals surface area contributed by atoms with Gasteiger partial charge in [-0.1, -0.05) is 23.5 Å². The minimum absolute atomic E-state index is 0.310. The molecule has 0 amide bonds. The van der Waals surface area contributed by atoms with Gasteiger partial charge in [0, 0.05) is 30.1 Å². The first-order valence-electron chi connectivity index (χ1n) is 6.59. The molecule has 1 heterocycles. The van der Waals surface area contributed by atoms with Gasteiger partial charge in [0.05, 0.1) is 0 Å². The lowest BCUT2D eigenvalue weighted by Gasteiger charge is -2.03. The molecule has 2 aromatic rings. The molecule has 1 aromatic heterocycles. The highest BCUT2D eigenvalue weighted by Gasteiger charge is 2.20. The van der Waals surface area contributed by atoms with Gasteiger partial charge in [-0.3, -0.25) is 0 Å². The lowest BCUT2D eigenvalue weighted by atomic mass is 10.1. The maximum Gasteiger partial charge on any atom is 0.148 e. The number of benzene rings is 1. The fourth-order valence-corrected chi connectivity index (χ4v) is 2.91. The molecule has 0 radical (unpaired) electrons. The number of nitrogens with one attached hydrogen (secondary N) is 1. The van der Waals surface area contributed by atoms with Crippen LogP contribution in [0.4, 0.5) is 0 Å². The van der Waals surface area contributed by atoms with Gasteiger partial charge in [0.1, 0.15) is 15.8 Å². The van der Waals surface area contributed by atoms with Crippen molar-refractivity contribution in [3.8, 4) is 16.3 Å². The number of phenols is 1. The Morgan fingerprint density at radius 2 is 2.21 bits per heavy atom. The standard InChI is InChI=1S/C14H17N3OS/c1-9-11(3-2-4-12(9)18)14-17-16-13(19-14)7-8-15-10-5-6-10/h2-4,10,15,18H,5-8H2,1H3. The molecular weight excluding hydrogens is 258 g/mol. The van der Waals surface area contributed by atoms with Crippen LogP contribution in [-0.4, -0.2) is 27.9 Å². The summed E-state index contributed by atoms with van der Waals surface area (Å²) >= 11 is 1.61. The zero-order valence-electron chi connectivity index (χ0n) is 10.9. The first kappa shape index (κ1) is 12.6. The molecule has 1 saturated carbocycles. The van der Waals surface area contributed by atoms with Crippen LogP contribution in [0.5, 0.6) is 5.75 Å². The van der Waals surface area contributed by atoms with Crippen LogP contribution in [0.3, 0.4) is 0 Å². The quantitative estimate of drug-likeness (QED) is 0.880. The second-order valence-corrected chi connectivity index (χ2v) is 5.99. The predicted octanol–water partition coefficient (Wildman–Crippen LogP) is 2.51.